The number of ether oxygens (including phenoxy) is 2. The number of benzene rings is 6. The number of aliphatic hydroxyl groups excluding tert-OH is 1. The molecule has 0 radical (unpaired) electrons. The Kier molecular flexibility index (Phi) is 29.1. The molecule has 472 valence electrons. The van der Waals surface area contributed by atoms with Crippen LogP contribution in [0.2, 0.25) is 0 Å². The van der Waals surface area contributed by atoms with Gasteiger partial charge in [0, 0.05) is 54.6 Å². The lowest BCUT2D eigenvalue weighted by molar-refractivity contribution is -0.126. The molecular formula is C78H100N6O5. The van der Waals surface area contributed by atoms with Crippen molar-refractivity contribution in [2.24, 2.45) is 23.7 Å². The van der Waals surface area contributed by atoms with Gasteiger partial charge in [-0.05, 0) is 218 Å². The zero-order chi connectivity index (χ0) is 60.6. The number of rotatable bonds is 30. The van der Waals surface area contributed by atoms with Gasteiger partial charge in [0.25, 0.3) is 0 Å². The Bertz CT molecular complexity index is 3120. The van der Waals surface area contributed by atoms with Crippen LogP contribution in [0, 0.1) is 23.7 Å². The van der Waals surface area contributed by atoms with Gasteiger partial charge in [-0.15, -0.1) is 0 Å². The molecule has 2 amide bonds. The van der Waals surface area contributed by atoms with Crippen LogP contribution in [0.1, 0.15) is 119 Å². The summed E-state index contributed by atoms with van der Waals surface area (Å²) in [4.78, 5) is 37.4. The number of fused-ring (bicyclic) bond motifs is 2. The van der Waals surface area contributed by atoms with E-state index in [1.165, 1.54) is 46.0 Å². The minimum Gasteiger partial charge on any atom is -0.490 e. The number of likely N-dealkylation sites (tertiary alicyclic amines) is 1. The number of aliphatic hydroxyl groups is 1. The summed E-state index contributed by atoms with van der Waals surface area (Å²) in [6.07, 6.45) is 22.3. The highest BCUT2D eigenvalue weighted by Gasteiger charge is 2.26. The van der Waals surface area contributed by atoms with Crippen LogP contribution < -0.4 is 20.7 Å². The lowest BCUT2D eigenvalue weighted by Crippen LogP contribution is -2.43. The van der Waals surface area contributed by atoms with Crippen LogP contribution in [-0.2, 0) is 46.4 Å². The van der Waals surface area contributed by atoms with Crippen molar-refractivity contribution in [1.82, 2.24) is 30.8 Å². The van der Waals surface area contributed by atoms with Gasteiger partial charge in [0.15, 0.2) is 0 Å². The van der Waals surface area contributed by atoms with Crippen LogP contribution in [0.15, 0.2) is 194 Å². The Hall–Kier alpha value is -7.28. The maximum atomic E-state index is 13.4. The number of pyridine rings is 2. The van der Waals surface area contributed by atoms with Crippen molar-refractivity contribution < 1.29 is 24.2 Å². The van der Waals surface area contributed by atoms with E-state index in [0.717, 1.165) is 171 Å². The second-order valence-corrected chi connectivity index (χ2v) is 24.6. The molecule has 0 bridgehead atoms. The Morgan fingerprint density at radius 2 is 0.978 bits per heavy atom. The minimum absolute atomic E-state index is 0. The molecule has 8 aromatic rings. The lowest BCUT2D eigenvalue weighted by Gasteiger charge is -2.33. The number of nitrogens with one attached hydrogen (secondary N) is 3. The number of epoxide rings is 1. The van der Waals surface area contributed by atoms with E-state index in [0.29, 0.717) is 24.5 Å². The quantitative estimate of drug-likeness (QED) is 0.0324. The van der Waals surface area contributed by atoms with Crippen LogP contribution >= 0.6 is 0 Å². The van der Waals surface area contributed by atoms with E-state index >= 15 is 0 Å². The number of nitrogens with zero attached hydrogens (tertiary/aromatic N) is 3. The zero-order valence-electron chi connectivity index (χ0n) is 52.0. The fourth-order valence-electron chi connectivity index (χ4n) is 12.5. The first kappa shape index (κ1) is 67.6. The molecule has 2 aromatic heterocycles. The number of amides is 2. The van der Waals surface area contributed by atoms with E-state index in [-0.39, 0.29) is 37.7 Å². The Labute approximate surface area is 531 Å². The molecule has 11 nitrogen and oxygen atoms in total. The average molecular weight is 1200 g/mol. The Morgan fingerprint density at radius 3 is 1.45 bits per heavy atom. The minimum atomic E-state index is -0.564. The van der Waals surface area contributed by atoms with Gasteiger partial charge in [-0.25, -0.2) is 0 Å². The molecule has 0 aliphatic carbocycles. The second kappa shape index (κ2) is 38.3. The third kappa shape index (κ3) is 24.2. The van der Waals surface area contributed by atoms with Gasteiger partial charge >= 0.3 is 0 Å². The van der Waals surface area contributed by atoms with E-state index in [1.807, 2.05) is 42.6 Å². The fourth-order valence-corrected chi connectivity index (χ4v) is 12.5. The molecule has 11 rings (SSSR count). The van der Waals surface area contributed by atoms with Gasteiger partial charge in [-0.1, -0.05) is 153 Å². The van der Waals surface area contributed by atoms with Crippen LogP contribution in [0.4, 0.5) is 0 Å². The van der Waals surface area contributed by atoms with Gasteiger partial charge in [-0.2, -0.15) is 0 Å². The van der Waals surface area contributed by atoms with Crippen molar-refractivity contribution in [3.05, 3.63) is 222 Å². The van der Waals surface area contributed by atoms with E-state index in [9.17, 15) is 14.7 Å². The van der Waals surface area contributed by atoms with Gasteiger partial charge in [0.1, 0.15) is 18.5 Å². The Morgan fingerprint density at radius 1 is 0.539 bits per heavy atom. The highest BCUT2D eigenvalue weighted by atomic mass is 16.6. The second-order valence-electron chi connectivity index (χ2n) is 24.6. The largest absolute Gasteiger partial charge is 0.490 e. The topological polar surface area (TPSA) is 141 Å². The molecule has 5 heterocycles. The maximum absolute atomic E-state index is 13.4. The smallest absolute Gasteiger partial charge is 0.223 e. The van der Waals surface area contributed by atoms with E-state index in [1.54, 1.807) is 6.20 Å². The van der Waals surface area contributed by atoms with Gasteiger partial charge < -0.3 is 35.4 Å². The summed E-state index contributed by atoms with van der Waals surface area (Å²) in [5.74, 6) is 2.52. The number of aromatic nitrogens is 2. The van der Waals surface area contributed by atoms with Crippen molar-refractivity contribution in [2.75, 3.05) is 59.0 Å². The van der Waals surface area contributed by atoms with Crippen molar-refractivity contribution >= 4 is 33.6 Å². The SMILES string of the molecule is C.O=C(NCC1CCN(CC(O)COc2cccc3ncccc23)CC1)C(CCCc1ccccc1)CCCc1ccccc1.O=C(NCC1CCNCC1)C(CCCc1ccccc1)CCCc1ccccc1.c1cc(CC[C@H]2CO2)c2cccnc2c1. The summed E-state index contributed by atoms with van der Waals surface area (Å²) in [6, 6.07) is 62.5. The van der Waals surface area contributed by atoms with Crippen molar-refractivity contribution in [3.63, 3.8) is 0 Å². The van der Waals surface area contributed by atoms with Crippen molar-refractivity contribution in [3.8, 4) is 5.75 Å². The molecule has 6 aromatic carbocycles. The molecule has 4 N–H and O–H groups in total. The molecular weight excluding hydrogens is 1100 g/mol. The predicted octanol–water partition coefficient (Wildman–Crippen LogP) is 14.4. The summed E-state index contributed by atoms with van der Waals surface area (Å²) in [5.41, 5.74) is 8.77. The molecule has 1 unspecified atom stereocenters. The number of hydrogen-bond donors (Lipinski definition) is 4. The van der Waals surface area contributed by atoms with E-state index < -0.39 is 6.10 Å². The van der Waals surface area contributed by atoms with Crippen LogP contribution in [0.25, 0.3) is 21.8 Å². The third-order valence-corrected chi connectivity index (χ3v) is 17.9. The summed E-state index contributed by atoms with van der Waals surface area (Å²) in [5, 5.41) is 22.9. The monoisotopic (exact) mass is 1200 g/mol. The van der Waals surface area contributed by atoms with Gasteiger partial charge in [0.05, 0.1) is 23.7 Å². The summed E-state index contributed by atoms with van der Waals surface area (Å²) < 4.78 is 11.2. The summed E-state index contributed by atoms with van der Waals surface area (Å²) >= 11 is 0. The molecule has 3 fully saturated rings. The molecule has 0 saturated carbocycles. The van der Waals surface area contributed by atoms with Gasteiger partial charge in [0.2, 0.25) is 11.8 Å². The average Bonchev–Trinajstić information content (AvgIpc) is 3.80. The van der Waals surface area contributed by atoms with Gasteiger partial charge in [-0.3, -0.25) is 19.6 Å². The predicted molar refractivity (Wildman–Crippen MR) is 365 cm³/mol. The molecule has 0 spiro atoms. The highest BCUT2D eigenvalue weighted by molar-refractivity contribution is 5.85. The molecule has 89 heavy (non-hydrogen) atoms. The molecule has 11 heteroatoms. The van der Waals surface area contributed by atoms with Crippen molar-refractivity contribution in [2.45, 2.75) is 135 Å². The Balaban J connectivity index is 0.000000193. The normalized spacial score (nSPS) is 15.5. The lowest BCUT2D eigenvalue weighted by atomic mass is 9.92. The fraction of sp³-hybridized carbons (Fsp3) is 0.436. The summed E-state index contributed by atoms with van der Waals surface area (Å²) in [7, 11) is 0. The molecule has 2 atom stereocenters. The first-order valence-corrected chi connectivity index (χ1v) is 33.1. The number of carbonyl (C=O) groups is 2. The molecule has 3 saturated heterocycles. The standard InChI is InChI=1S/C38H47N3O3.C26H36N2O.C13H13NO.CH4/c42-34(29-44-37-21-9-20-36-35(37)19-10-24-39-36)28-41-25-22-32(23-26-41)27-40-38(43)33(17-7-15-30-11-3-1-4-12-30)18-8-16-31-13-5-2-6-14-31;29-26(28-21-24-17-19-27-20-18-24)25(15-7-13-22-9-3-1-4-10-22)16-8-14-23-11-5-2-6-12-23;1-3-10(6-7-11-9-15-11)12-4-2-8-14-13(12)5-1;/h1-6,9-14,19-21,24,32-34,42H,7-8,15-18,22-23,25-29H2,(H,40,43);1-6,9-12,24-25,27H,7-8,13-21H2,(H,28,29);1-5,8,11H,6-7,9H2;1H4/t;;11-;/m..0./s1. The number of aryl methyl sites for hydroxylation is 5. The molecule has 3 aliphatic rings. The first-order valence-electron chi connectivity index (χ1n) is 33.1. The first-order chi connectivity index (χ1) is 43.4. The van der Waals surface area contributed by atoms with Crippen LogP contribution in [0.5, 0.6) is 5.75 Å². The number of piperidine rings is 2. The van der Waals surface area contributed by atoms with E-state index in [4.69, 9.17) is 9.47 Å². The number of hydrogen-bond acceptors (Lipinski definition) is 9. The third-order valence-electron chi connectivity index (χ3n) is 17.9. The molecule has 3 aliphatic heterocycles. The zero-order valence-corrected chi connectivity index (χ0v) is 52.0. The van der Waals surface area contributed by atoms with Crippen LogP contribution in [0.3, 0.4) is 0 Å². The highest BCUT2D eigenvalue weighted by Crippen LogP contribution is 2.26. The van der Waals surface area contributed by atoms with Crippen molar-refractivity contribution in [1.29, 1.82) is 0 Å². The maximum Gasteiger partial charge on any atom is 0.223 e. The van der Waals surface area contributed by atoms with Crippen LogP contribution in [-0.4, -0.2) is 103 Å². The number of β-amino-alcohol motifs (C(OH)–C–C–N with tert-alkyl or cyclic N) is 1. The summed E-state index contributed by atoms with van der Waals surface area (Å²) in [6.45, 7) is 7.38. The number of carbonyl (C=O) groups excluding carboxylic acids is 2. The van der Waals surface area contributed by atoms with E-state index in [2.05, 4.69) is 176 Å².